The maximum atomic E-state index is 5.78. The predicted octanol–water partition coefficient (Wildman–Crippen LogP) is 4.07. The molecule has 0 bridgehead atoms. The van der Waals surface area contributed by atoms with Crippen LogP contribution in [-0.4, -0.2) is 6.61 Å². The van der Waals surface area contributed by atoms with E-state index in [-0.39, 0.29) is 0 Å². The quantitative estimate of drug-likeness (QED) is 0.770. The van der Waals surface area contributed by atoms with E-state index in [9.17, 15) is 0 Å². The Hall–Kier alpha value is -1.12. The fourth-order valence-electron chi connectivity index (χ4n) is 2.18. The molecule has 1 nitrogen and oxygen atoms in total. The van der Waals surface area contributed by atoms with Crippen LogP contribution in [0.25, 0.3) is 0 Å². The Bertz CT molecular complexity index is 449. The molecule has 1 aliphatic rings. The number of benzene rings is 1. The van der Waals surface area contributed by atoms with Crippen LogP contribution in [0.4, 0.5) is 0 Å². The van der Waals surface area contributed by atoms with E-state index in [1.165, 1.54) is 16.9 Å². The molecule has 3 rings (SSSR count). The first-order valence-electron chi connectivity index (χ1n) is 6.08. The van der Waals surface area contributed by atoms with Gasteiger partial charge in [0.1, 0.15) is 0 Å². The molecule has 1 aliphatic carbocycles. The summed E-state index contributed by atoms with van der Waals surface area (Å²) in [4.78, 5) is 1.53. The third-order valence-corrected chi connectivity index (χ3v) is 4.28. The first-order valence-corrected chi connectivity index (χ1v) is 6.96. The molecule has 1 saturated carbocycles. The number of rotatable bonds is 5. The maximum absolute atomic E-state index is 5.78. The molecule has 0 unspecified atom stereocenters. The van der Waals surface area contributed by atoms with Crippen LogP contribution in [0, 0.1) is 5.92 Å². The van der Waals surface area contributed by atoms with Gasteiger partial charge in [-0.2, -0.15) is 0 Å². The second-order valence-electron chi connectivity index (χ2n) is 4.62. The second kappa shape index (κ2) is 5.03. The Labute approximate surface area is 106 Å². The van der Waals surface area contributed by atoms with E-state index in [0.29, 0.717) is 0 Å². The van der Waals surface area contributed by atoms with E-state index in [0.717, 1.165) is 25.0 Å². The topological polar surface area (TPSA) is 9.23 Å². The fraction of sp³-hybridized carbons (Fsp3) is 0.333. The van der Waals surface area contributed by atoms with Gasteiger partial charge in [-0.1, -0.05) is 36.4 Å². The summed E-state index contributed by atoms with van der Waals surface area (Å²) in [5.74, 6) is 1.52. The SMILES string of the molecule is c1ccc(COC[C@H]2C[C@@H]2c2cccs2)cc1. The average Bonchev–Trinajstić information content (AvgIpc) is 2.93. The molecule has 88 valence electrons. The van der Waals surface area contributed by atoms with Gasteiger partial charge >= 0.3 is 0 Å². The van der Waals surface area contributed by atoms with Crippen LogP contribution in [0.1, 0.15) is 22.8 Å². The highest BCUT2D eigenvalue weighted by atomic mass is 32.1. The van der Waals surface area contributed by atoms with Crippen molar-refractivity contribution in [2.24, 2.45) is 5.92 Å². The first-order chi connectivity index (χ1) is 8.43. The molecule has 2 atom stereocenters. The lowest BCUT2D eigenvalue weighted by Gasteiger charge is -2.03. The van der Waals surface area contributed by atoms with Crippen molar-refractivity contribution in [3.63, 3.8) is 0 Å². The largest absolute Gasteiger partial charge is 0.376 e. The highest BCUT2D eigenvalue weighted by Crippen LogP contribution is 2.49. The number of hydrogen-bond acceptors (Lipinski definition) is 2. The Balaban J connectivity index is 1.42. The zero-order chi connectivity index (χ0) is 11.5. The van der Waals surface area contributed by atoms with Crippen molar-refractivity contribution < 1.29 is 4.74 Å². The lowest BCUT2D eigenvalue weighted by atomic mass is 10.2. The van der Waals surface area contributed by atoms with Crippen LogP contribution in [0.3, 0.4) is 0 Å². The van der Waals surface area contributed by atoms with E-state index in [1.807, 2.05) is 17.4 Å². The highest BCUT2D eigenvalue weighted by molar-refractivity contribution is 7.10. The summed E-state index contributed by atoms with van der Waals surface area (Å²) in [6.45, 7) is 1.64. The Morgan fingerprint density at radius 3 is 2.76 bits per heavy atom. The molecule has 0 spiro atoms. The van der Waals surface area contributed by atoms with Gasteiger partial charge in [0.15, 0.2) is 0 Å². The van der Waals surface area contributed by atoms with E-state index < -0.39 is 0 Å². The summed E-state index contributed by atoms with van der Waals surface area (Å²) in [6.07, 6.45) is 1.30. The minimum absolute atomic E-state index is 0.745. The van der Waals surface area contributed by atoms with Crippen LogP contribution >= 0.6 is 11.3 Å². The standard InChI is InChI=1S/C15H16OS/c1-2-5-12(6-3-1)10-16-11-13-9-14(13)15-7-4-8-17-15/h1-8,13-14H,9-11H2/t13-,14+/m1/s1. The van der Waals surface area contributed by atoms with E-state index in [4.69, 9.17) is 4.74 Å². The monoisotopic (exact) mass is 244 g/mol. The van der Waals surface area contributed by atoms with Crippen molar-refractivity contribution in [3.05, 3.63) is 58.3 Å². The van der Waals surface area contributed by atoms with Crippen molar-refractivity contribution in [3.8, 4) is 0 Å². The molecule has 0 amide bonds. The number of thiophene rings is 1. The van der Waals surface area contributed by atoms with Gasteiger partial charge in [-0.3, -0.25) is 0 Å². The van der Waals surface area contributed by atoms with Gasteiger partial charge in [0, 0.05) is 4.88 Å². The van der Waals surface area contributed by atoms with Gasteiger partial charge in [0.25, 0.3) is 0 Å². The van der Waals surface area contributed by atoms with Crippen LogP contribution < -0.4 is 0 Å². The average molecular weight is 244 g/mol. The zero-order valence-corrected chi connectivity index (χ0v) is 10.5. The van der Waals surface area contributed by atoms with Crippen LogP contribution in [0.2, 0.25) is 0 Å². The van der Waals surface area contributed by atoms with Gasteiger partial charge in [-0.05, 0) is 35.3 Å². The van der Waals surface area contributed by atoms with Crippen molar-refractivity contribution in [2.45, 2.75) is 18.9 Å². The summed E-state index contributed by atoms with van der Waals surface area (Å²) in [5, 5.41) is 2.16. The van der Waals surface area contributed by atoms with Gasteiger partial charge in [0.2, 0.25) is 0 Å². The van der Waals surface area contributed by atoms with Gasteiger partial charge < -0.3 is 4.74 Å². The first kappa shape index (κ1) is 11.0. The number of hydrogen-bond donors (Lipinski definition) is 0. The van der Waals surface area contributed by atoms with Crippen LogP contribution in [0.15, 0.2) is 47.8 Å². The molecule has 2 aromatic rings. The van der Waals surface area contributed by atoms with Gasteiger partial charge in [0.05, 0.1) is 13.2 Å². The maximum Gasteiger partial charge on any atom is 0.0717 e. The smallest absolute Gasteiger partial charge is 0.0717 e. The molecule has 1 aromatic carbocycles. The third kappa shape index (κ3) is 2.76. The summed E-state index contributed by atoms with van der Waals surface area (Å²) in [6, 6.07) is 14.8. The molecule has 0 N–H and O–H groups in total. The van der Waals surface area contributed by atoms with Crippen molar-refractivity contribution >= 4 is 11.3 Å². The second-order valence-corrected chi connectivity index (χ2v) is 5.60. The summed E-state index contributed by atoms with van der Waals surface area (Å²) in [7, 11) is 0. The normalized spacial score (nSPS) is 22.6. The number of ether oxygens (including phenoxy) is 1. The molecule has 2 heteroatoms. The molecular formula is C15H16OS. The van der Waals surface area contributed by atoms with Crippen molar-refractivity contribution in [1.82, 2.24) is 0 Å². The van der Waals surface area contributed by atoms with Gasteiger partial charge in [-0.15, -0.1) is 11.3 Å². The molecule has 1 aromatic heterocycles. The molecular weight excluding hydrogens is 228 g/mol. The van der Waals surface area contributed by atoms with E-state index >= 15 is 0 Å². The Morgan fingerprint density at radius 1 is 1.12 bits per heavy atom. The lowest BCUT2D eigenvalue weighted by Crippen LogP contribution is -1.98. The zero-order valence-electron chi connectivity index (χ0n) is 9.71. The van der Waals surface area contributed by atoms with Crippen LogP contribution in [-0.2, 0) is 11.3 Å². The van der Waals surface area contributed by atoms with Gasteiger partial charge in [-0.25, -0.2) is 0 Å². The summed E-state index contributed by atoms with van der Waals surface area (Å²) < 4.78 is 5.78. The summed E-state index contributed by atoms with van der Waals surface area (Å²) >= 11 is 1.87. The van der Waals surface area contributed by atoms with E-state index in [1.54, 1.807) is 0 Å². The van der Waals surface area contributed by atoms with E-state index in [2.05, 4.69) is 41.8 Å². The molecule has 1 fully saturated rings. The van der Waals surface area contributed by atoms with Crippen molar-refractivity contribution in [1.29, 1.82) is 0 Å². The molecule has 17 heavy (non-hydrogen) atoms. The third-order valence-electron chi connectivity index (χ3n) is 3.27. The lowest BCUT2D eigenvalue weighted by molar-refractivity contribution is 0.110. The molecule has 0 saturated heterocycles. The molecule has 0 radical (unpaired) electrons. The van der Waals surface area contributed by atoms with Crippen molar-refractivity contribution in [2.75, 3.05) is 6.61 Å². The van der Waals surface area contributed by atoms with Crippen LogP contribution in [0.5, 0.6) is 0 Å². The summed E-state index contributed by atoms with van der Waals surface area (Å²) in [5.41, 5.74) is 1.26. The molecule has 1 heterocycles. The molecule has 0 aliphatic heterocycles. The Morgan fingerprint density at radius 2 is 2.00 bits per heavy atom. The minimum atomic E-state index is 0.745. The predicted molar refractivity (Wildman–Crippen MR) is 71.3 cm³/mol. The Kier molecular flexibility index (Phi) is 3.25. The highest BCUT2D eigenvalue weighted by Gasteiger charge is 2.38. The minimum Gasteiger partial charge on any atom is -0.376 e. The fourth-order valence-corrected chi connectivity index (χ4v) is 3.12.